The predicted octanol–water partition coefficient (Wildman–Crippen LogP) is 6.72. The van der Waals surface area contributed by atoms with E-state index in [0.717, 1.165) is 5.39 Å². The van der Waals surface area contributed by atoms with E-state index >= 15 is 0 Å². The first-order chi connectivity index (χ1) is 17.4. The van der Waals surface area contributed by atoms with Gasteiger partial charge in [-0.2, -0.15) is 5.11 Å². The smallest absolute Gasteiger partial charge is 0.248 e. The molecule has 10 heteroatoms. The number of halogens is 2. The van der Waals surface area contributed by atoms with Gasteiger partial charge in [-0.05, 0) is 42.5 Å². The molecule has 1 aromatic heterocycles. The minimum atomic E-state index is -0.870. The van der Waals surface area contributed by atoms with Gasteiger partial charge in [-0.25, -0.2) is 4.98 Å². The maximum Gasteiger partial charge on any atom is 0.248 e. The molecule has 1 aliphatic rings. The summed E-state index contributed by atoms with van der Waals surface area (Å²) in [6.45, 7) is 0. The van der Waals surface area contributed by atoms with Gasteiger partial charge >= 0.3 is 0 Å². The number of phenolic OH excluding ortho intramolecular Hbond substituents is 1. The van der Waals surface area contributed by atoms with Crippen LogP contribution in [0.1, 0.15) is 11.6 Å². The van der Waals surface area contributed by atoms with Crippen molar-refractivity contribution in [3.63, 3.8) is 0 Å². The van der Waals surface area contributed by atoms with Crippen molar-refractivity contribution in [3.8, 4) is 17.2 Å². The number of nitrogens with zero attached hydrogens (tertiary/aromatic N) is 4. The topological polar surface area (TPSA) is 96.6 Å². The monoisotopic (exact) mass is 522 g/mol. The van der Waals surface area contributed by atoms with Crippen LogP contribution in [0.2, 0.25) is 5.15 Å². The number of ether oxygens (including phenoxy) is 2. The van der Waals surface area contributed by atoms with Gasteiger partial charge in [0.2, 0.25) is 5.91 Å². The molecule has 2 heterocycles. The van der Waals surface area contributed by atoms with Gasteiger partial charge < -0.3 is 14.6 Å². The first kappa shape index (κ1) is 23.8. The summed E-state index contributed by atoms with van der Waals surface area (Å²) in [6.07, 6.45) is 0. The molecule has 0 bridgehead atoms. The van der Waals surface area contributed by atoms with Crippen molar-refractivity contribution in [2.24, 2.45) is 10.2 Å². The van der Waals surface area contributed by atoms with Crippen molar-refractivity contribution >= 4 is 57.1 Å². The molecule has 1 amide bonds. The second kappa shape index (κ2) is 9.64. The molecule has 2 atom stereocenters. The second-order valence-electron chi connectivity index (χ2n) is 8.06. The molecule has 5 rings (SSSR count). The van der Waals surface area contributed by atoms with E-state index in [-0.39, 0.29) is 16.8 Å². The van der Waals surface area contributed by atoms with Crippen molar-refractivity contribution in [2.45, 2.75) is 11.4 Å². The van der Waals surface area contributed by atoms with Crippen LogP contribution < -0.4 is 14.4 Å². The number of anilines is 1. The van der Waals surface area contributed by atoms with Gasteiger partial charge in [0.1, 0.15) is 33.5 Å². The number of alkyl halides is 1. The number of β-lactam (4-membered cyclic amide) rings is 1. The Morgan fingerprint density at radius 3 is 2.53 bits per heavy atom. The number of aromatic nitrogens is 1. The number of rotatable bonds is 6. The summed E-state index contributed by atoms with van der Waals surface area (Å²) in [5.74, 6) is 0.900. The molecule has 0 spiro atoms. The highest BCUT2D eigenvalue weighted by atomic mass is 35.5. The van der Waals surface area contributed by atoms with E-state index in [4.69, 9.17) is 32.7 Å². The summed E-state index contributed by atoms with van der Waals surface area (Å²) in [5, 5.41) is 19.0. The molecule has 0 saturated carbocycles. The van der Waals surface area contributed by atoms with Crippen LogP contribution in [0.4, 0.5) is 17.1 Å². The molecule has 1 N–H and O–H groups in total. The first-order valence-electron chi connectivity index (χ1n) is 10.9. The zero-order valence-corrected chi connectivity index (χ0v) is 20.7. The van der Waals surface area contributed by atoms with Crippen LogP contribution >= 0.6 is 23.2 Å². The number of carbonyl (C=O) groups excluding carboxylic acids is 1. The lowest BCUT2D eigenvalue weighted by Crippen LogP contribution is -2.56. The number of phenols is 1. The Kier molecular flexibility index (Phi) is 6.38. The fourth-order valence-electron chi connectivity index (χ4n) is 4.07. The zero-order chi connectivity index (χ0) is 25.4. The molecule has 0 radical (unpaired) electrons. The van der Waals surface area contributed by atoms with E-state index < -0.39 is 11.4 Å². The highest BCUT2D eigenvalue weighted by Crippen LogP contribution is 2.48. The largest absolute Gasteiger partial charge is 0.508 e. The third-order valence-corrected chi connectivity index (χ3v) is 6.63. The van der Waals surface area contributed by atoms with Crippen LogP contribution in [0, 0.1) is 0 Å². The Balaban J connectivity index is 1.55. The van der Waals surface area contributed by atoms with Gasteiger partial charge in [0.15, 0.2) is 0 Å². The number of methoxy groups -OCH3 is 2. The van der Waals surface area contributed by atoms with Gasteiger partial charge in [0.05, 0.1) is 37.2 Å². The molecule has 1 aliphatic heterocycles. The number of benzene rings is 3. The number of azo groups is 1. The van der Waals surface area contributed by atoms with Crippen LogP contribution in [-0.4, -0.2) is 35.6 Å². The molecule has 36 heavy (non-hydrogen) atoms. The number of hydrogen-bond donors (Lipinski definition) is 1. The fourth-order valence-corrected chi connectivity index (χ4v) is 4.68. The molecule has 182 valence electrons. The van der Waals surface area contributed by atoms with E-state index in [1.165, 1.54) is 17.0 Å². The zero-order valence-electron chi connectivity index (χ0n) is 19.2. The van der Waals surface area contributed by atoms with E-state index in [1.807, 2.05) is 18.2 Å². The lowest BCUT2D eigenvalue weighted by molar-refractivity contribution is -0.123. The Hall–Kier alpha value is -3.88. The third kappa shape index (κ3) is 4.29. The Morgan fingerprint density at radius 1 is 0.972 bits per heavy atom. The molecular weight excluding hydrogens is 503 g/mol. The Bertz CT molecular complexity index is 1510. The average Bonchev–Trinajstić information content (AvgIpc) is 2.90. The van der Waals surface area contributed by atoms with E-state index in [1.54, 1.807) is 50.6 Å². The standard InChI is InChI=1S/C26H20Cl2N4O4/c1-35-17-5-3-4-15(11-17)30-31-20-9-7-16(33)12-22(20)32-24(23(27)26(32)34)19-10-14-6-8-18(36-2)13-21(14)29-25(19)28/h3-13,23-24,33H,1-2H3. The quantitative estimate of drug-likeness (QED) is 0.131. The molecule has 8 nitrogen and oxygen atoms in total. The predicted molar refractivity (Wildman–Crippen MR) is 138 cm³/mol. The number of pyridine rings is 1. The number of carbonyl (C=O) groups is 1. The molecule has 3 aromatic carbocycles. The van der Waals surface area contributed by atoms with E-state index in [0.29, 0.717) is 39.6 Å². The summed E-state index contributed by atoms with van der Waals surface area (Å²) in [4.78, 5) is 18.9. The lowest BCUT2D eigenvalue weighted by atomic mass is 9.92. The molecular formula is C26H20Cl2N4O4. The van der Waals surface area contributed by atoms with E-state index in [2.05, 4.69) is 15.2 Å². The van der Waals surface area contributed by atoms with Crippen LogP contribution in [0.15, 0.2) is 77.0 Å². The molecule has 4 aromatic rings. The second-order valence-corrected chi connectivity index (χ2v) is 8.88. The van der Waals surface area contributed by atoms with Gasteiger partial charge in [-0.15, -0.1) is 16.7 Å². The molecule has 2 unspecified atom stereocenters. The number of aromatic hydroxyl groups is 1. The molecule has 1 saturated heterocycles. The van der Waals surface area contributed by atoms with Crippen molar-refractivity contribution < 1.29 is 19.4 Å². The van der Waals surface area contributed by atoms with Crippen molar-refractivity contribution in [1.82, 2.24) is 4.98 Å². The number of fused-ring (bicyclic) bond motifs is 1. The summed E-state index contributed by atoms with van der Waals surface area (Å²) in [5.41, 5.74) is 2.50. The van der Waals surface area contributed by atoms with Crippen LogP contribution in [0.3, 0.4) is 0 Å². The summed E-state index contributed by atoms with van der Waals surface area (Å²) in [7, 11) is 3.14. The molecule has 0 aliphatic carbocycles. The summed E-state index contributed by atoms with van der Waals surface area (Å²) >= 11 is 13.0. The van der Waals surface area contributed by atoms with Crippen LogP contribution in [-0.2, 0) is 4.79 Å². The third-order valence-electron chi connectivity index (χ3n) is 5.90. The van der Waals surface area contributed by atoms with Gasteiger partial charge in [-0.1, -0.05) is 17.7 Å². The number of amides is 1. The average molecular weight is 523 g/mol. The highest BCUT2D eigenvalue weighted by Gasteiger charge is 2.50. The minimum Gasteiger partial charge on any atom is -0.508 e. The van der Waals surface area contributed by atoms with Crippen molar-refractivity contribution in [2.75, 3.05) is 19.1 Å². The Labute approximate surface area is 216 Å². The van der Waals surface area contributed by atoms with Gasteiger partial charge in [0, 0.05) is 29.1 Å². The van der Waals surface area contributed by atoms with Crippen LogP contribution in [0.5, 0.6) is 17.2 Å². The van der Waals surface area contributed by atoms with Crippen molar-refractivity contribution in [3.05, 3.63) is 77.4 Å². The normalized spacial score (nSPS) is 17.4. The van der Waals surface area contributed by atoms with Gasteiger partial charge in [-0.3, -0.25) is 9.69 Å². The number of hydrogen-bond acceptors (Lipinski definition) is 7. The highest BCUT2D eigenvalue weighted by molar-refractivity contribution is 6.38. The van der Waals surface area contributed by atoms with Crippen molar-refractivity contribution in [1.29, 1.82) is 0 Å². The first-order valence-corrected chi connectivity index (χ1v) is 11.7. The minimum absolute atomic E-state index is 0.0373. The maximum absolute atomic E-state index is 13.0. The SMILES string of the molecule is COc1cccc(N=Nc2ccc(O)cc2N2C(=O)C(Cl)C2c2cc3ccc(OC)cc3nc2Cl)c1. The lowest BCUT2D eigenvalue weighted by Gasteiger charge is -2.44. The van der Waals surface area contributed by atoms with E-state index in [9.17, 15) is 9.90 Å². The van der Waals surface area contributed by atoms with Gasteiger partial charge in [0.25, 0.3) is 0 Å². The molecule has 1 fully saturated rings. The summed E-state index contributed by atoms with van der Waals surface area (Å²) < 4.78 is 10.5. The Morgan fingerprint density at radius 2 is 1.75 bits per heavy atom. The fraction of sp³-hybridized carbons (Fsp3) is 0.154. The maximum atomic E-state index is 13.0. The van der Waals surface area contributed by atoms with Crippen LogP contribution in [0.25, 0.3) is 10.9 Å². The summed E-state index contributed by atoms with van der Waals surface area (Å²) in [6, 6.07) is 18.3.